The normalized spacial score (nSPS) is 13.1. The largest absolute Gasteiger partial charge is 0.367 e. The Labute approximate surface area is 127 Å². The molecule has 0 saturated carbocycles. The number of hydroxylamine groups is 1. The maximum absolute atomic E-state index is 11.3. The van der Waals surface area contributed by atoms with Gasteiger partial charge in [-0.3, -0.25) is 10.0 Å². The molecular weight excluding hydrogens is 288 g/mol. The SMILES string of the molecule is O=C(NO)c1ccc(CN2CCc3cc(Cl)ccc32)cc1. The fourth-order valence-electron chi connectivity index (χ4n) is 2.65. The van der Waals surface area contributed by atoms with E-state index in [1.54, 1.807) is 17.6 Å². The summed E-state index contributed by atoms with van der Waals surface area (Å²) in [6, 6.07) is 13.2. The molecule has 0 aliphatic carbocycles. The number of hydrogen-bond acceptors (Lipinski definition) is 3. The zero-order valence-electron chi connectivity index (χ0n) is 11.3. The summed E-state index contributed by atoms with van der Waals surface area (Å²) in [6.07, 6.45) is 1.00. The molecule has 4 nitrogen and oxygen atoms in total. The van der Waals surface area contributed by atoms with E-state index < -0.39 is 5.91 Å². The van der Waals surface area contributed by atoms with E-state index in [1.807, 2.05) is 24.3 Å². The lowest BCUT2D eigenvalue weighted by Gasteiger charge is -2.19. The first-order chi connectivity index (χ1) is 10.2. The van der Waals surface area contributed by atoms with Crippen molar-refractivity contribution in [3.63, 3.8) is 0 Å². The lowest BCUT2D eigenvalue weighted by atomic mass is 10.1. The van der Waals surface area contributed by atoms with Crippen molar-refractivity contribution in [2.24, 2.45) is 0 Å². The molecule has 0 bridgehead atoms. The van der Waals surface area contributed by atoms with Gasteiger partial charge in [0.15, 0.2) is 0 Å². The summed E-state index contributed by atoms with van der Waals surface area (Å²) in [7, 11) is 0. The number of anilines is 1. The Morgan fingerprint density at radius 3 is 2.71 bits per heavy atom. The molecule has 0 spiro atoms. The molecule has 0 saturated heterocycles. The fraction of sp³-hybridized carbons (Fsp3) is 0.188. The van der Waals surface area contributed by atoms with Gasteiger partial charge in [0.1, 0.15) is 0 Å². The third-order valence-corrected chi connectivity index (χ3v) is 3.96. The number of nitrogens with zero attached hydrogens (tertiary/aromatic N) is 1. The van der Waals surface area contributed by atoms with E-state index in [2.05, 4.69) is 11.0 Å². The molecule has 21 heavy (non-hydrogen) atoms. The molecule has 2 aromatic carbocycles. The summed E-state index contributed by atoms with van der Waals surface area (Å²) in [5, 5.41) is 9.37. The van der Waals surface area contributed by atoms with E-state index in [1.165, 1.54) is 11.3 Å². The average molecular weight is 303 g/mol. The number of nitrogens with one attached hydrogen (secondary N) is 1. The monoisotopic (exact) mass is 302 g/mol. The smallest absolute Gasteiger partial charge is 0.274 e. The zero-order valence-corrected chi connectivity index (χ0v) is 12.1. The van der Waals surface area contributed by atoms with Crippen molar-refractivity contribution in [3.05, 3.63) is 64.2 Å². The molecule has 2 N–H and O–H groups in total. The maximum Gasteiger partial charge on any atom is 0.274 e. The molecule has 108 valence electrons. The van der Waals surface area contributed by atoms with Crippen molar-refractivity contribution in [2.45, 2.75) is 13.0 Å². The van der Waals surface area contributed by atoms with E-state index in [4.69, 9.17) is 16.8 Å². The predicted molar refractivity (Wildman–Crippen MR) is 81.9 cm³/mol. The molecule has 0 atom stereocenters. The Kier molecular flexibility index (Phi) is 3.82. The topological polar surface area (TPSA) is 52.6 Å². The molecule has 5 heteroatoms. The Morgan fingerprint density at radius 2 is 2.00 bits per heavy atom. The summed E-state index contributed by atoms with van der Waals surface area (Å²) >= 11 is 6.02. The minimum atomic E-state index is -0.497. The summed E-state index contributed by atoms with van der Waals surface area (Å²) < 4.78 is 0. The van der Waals surface area contributed by atoms with E-state index >= 15 is 0 Å². The summed E-state index contributed by atoms with van der Waals surface area (Å²) in [6.45, 7) is 1.75. The van der Waals surface area contributed by atoms with Crippen LogP contribution in [0.15, 0.2) is 42.5 Å². The molecule has 1 aliphatic rings. The number of hydrogen-bond donors (Lipinski definition) is 2. The van der Waals surface area contributed by atoms with Gasteiger partial charge in [0.05, 0.1) is 0 Å². The predicted octanol–water partition coefficient (Wildman–Crippen LogP) is 3.02. The maximum atomic E-state index is 11.3. The van der Waals surface area contributed by atoms with Crippen LogP contribution in [0.2, 0.25) is 5.02 Å². The third kappa shape index (κ3) is 2.86. The Bertz CT molecular complexity index is 670. The van der Waals surface area contributed by atoms with Crippen LogP contribution in [0.3, 0.4) is 0 Å². The van der Waals surface area contributed by atoms with Crippen LogP contribution >= 0.6 is 11.6 Å². The Morgan fingerprint density at radius 1 is 1.24 bits per heavy atom. The van der Waals surface area contributed by atoms with Gasteiger partial charge < -0.3 is 4.90 Å². The molecule has 2 aromatic rings. The van der Waals surface area contributed by atoms with Gasteiger partial charge in [-0.25, -0.2) is 5.48 Å². The molecular formula is C16H15ClN2O2. The standard InChI is InChI=1S/C16H15ClN2O2/c17-14-5-6-15-13(9-14)7-8-19(15)10-11-1-3-12(4-2-11)16(20)18-21/h1-6,9,21H,7-8,10H2,(H,18,20). The van der Waals surface area contributed by atoms with Crippen LogP contribution in [-0.4, -0.2) is 17.7 Å². The van der Waals surface area contributed by atoms with Gasteiger partial charge in [-0.2, -0.15) is 0 Å². The van der Waals surface area contributed by atoms with Gasteiger partial charge in [-0.05, 0) is 47.9 Å². The molecule has 0 aromatic heterocycles. The summed E-state index contributed by atoms with van der Waals surface area (Å²) in [4.78, 5) is 13.6. The molecule has 3 rings (SSSR count). The van der Waals surface area contributed by atoms with Gasteiger partial charge in [-0.1, -0.05) is 23.7 Å². The van der Waals surface area contributed by atoms with Crippen molar-refractivity contribution >= 4 is 23.2 Å². The van der Waals surface area contributed by atoms with Crippen LogP contribution in [0.4, 0.5) is 5.69 Å². The van der Waals surface area contributed by atoms with Crippen molar-refractivity contribution < 1.29 is 10.0 Å². The minimum absolute atomic E-state index is 0.440. The first kappa shape index (κ1) is 13.9. The van der Waals surface area contributed by atoms with Crippen LogP contribution in [0, 0.1) is 0 Å². The minimum Gasteiger partial charge on any atom is -0.367 e. The van der Waals surface area contributed by atoms with Gasteiger partial charge in [0, 0.05) is 29.4 Å². The Hall–Kier alpha value is -2.04. The quantitative estimate of drug-likeness (QED) is 0.677. The van der Waals surface area contributed by atoms with Crippen molar-refractivity contribution in [2.75, 3.05) is 11.4 Å². The average Bonchev–Trinajstić information content (AvgIpc) is 2.89. The van der Waals surface area contributed by atoms with Crippen LogP contribution in [0.1, 0.15) is 21.5 Å². The number of amides is 1. The first-order valence-corrected chi connectivity index (χ1v) is 7.12. The number of fused-ring (bicyclic) bond motifs is 1. The van der Waals surface area contributed by atoms with E-state index in [0.717, 1.165) is 30.1 Å². The highest BCUT2D eigenvalue weighted by molar-refractivity contribution is 6.30. The van der Waals surface area contributed by atoms with E-state index in [0.29, 0.717) is 5.56 Å². The first-order valence-electron chi connectivity index (χ1n) is 6.74. The van der Waals surface area contributed by atoms with E-state index in [-0.39, 0.29) is 0 Å². The van der Waals surface area contributed by atoms with Crippen LogP contribution in [-0.2, 0) is 13.0 Å². The van der Waals surface area contributed by atoms with Crippen LogP contribution in [0.25, 0.3) is 0 Å². The second-order valence-corrected chi connectivity index (χ2v) is 5.52. The van der Waals surface area contributed by atoms with Gasteiger partial charge >= 0.3 is 0 Å². The van der Waals surface area contributed by atoms with Gasteiger partial charge in [0.2, 0.25) is 0 Å². The van der Waals surface area contributed by atoms with Crippen molar-refractivity contribution in [1.29, 1.82) is 0 Å². The zero-order chi connectivity index (χ0) is 14.8. The molecule has 0 radical (unpaired) electrons. The van der Waals surface area contributed by atoms with E-state index in [9.17, 15) is 4.79 Å². The summed E-state index contributed by atoms with van der Waals surface area (Å²) in [5.74, 6) is -0.497. The highest BCUT2D eigenvalue weighted by Gasteiger charge is 2.19. The van der Waals surface area contributed by atoms with Crippen molar-refractivity contribution in [3.8, 4) is 0 Å². The molecule has 1 heterocycles. The highest BCUT2D eigenvalue weighted by atomic mass is 35.5. The van der Waals surface area contributed by atoms with Gasteiger partial charge in [0.25, 0.3) is 5.91 Å². The molecule has 0 fully saturated rings. The second-order valence-electron chi connectivity index (χ2n) is 5.08. The number of rotatable bonds is 3. The number of benzene rings is 2. The lowest BCUT2D eigenvalue weighted by Crippen LogP contribution is -2.20. The van der Waals surface area contributed by atoms with Crippen LogP contribution in [0.5, 0.6) is 0 Å². The second kappa shape index (κ2) is 5.76. The lowest BCUT2D eigenvalue weighted by molar-refractivity contribution is 0.0706. The van der Waals surface area contributed by atoms with Crippen molar-refractivity contribution in [1.82, 2.24) is 5.48 Å². The van der Waals surface area contributed by atoms with Crippen LogP contribution < -0.4 is 10.4 Å². The molecule has 1 amide bonds. The molecule has 1 aliphatic heterocycles. The molecule has 0 unspecified atom stereocenters. The Balaban J connectivity index is 1.75. The number of carbonyl (C=O) groups excluding carboxylic acids is 1. The highest BCUT2D eigenvalue weighted by Crippen LogP contribution is 2.31. The number of carbonyl (C=O) groups is 1. The fourth-order valence-corrected chi connectivity index (χ4v) is 2.84. The third-order valence-electron chi connectivity index (χ3n) is 3.72. The summed E-state index contributed by atoms with van der Waals surface area (Å²) in [5.41, 5.74) is 5.68. The van der Waals surface area contributed by atoms with Gasteiger partial charge in [-0.15, -0.1) is 0 Å². The number of halogens is 1.